The molecule has 64 heavy (non-hydrogen) atoms. The van der Waals surface area contributed by atoms with Crippen LogP contribution in [0.4, 0.5) is 17.1 Å². The molecule has 2 saturated heterocycles. The number of benzene rings is 3. The molecule has 18 heteroatoms. The first-order chi connectivity index (χ1) is 30.7. The Morgan fingerprint density at radius 2 is 1.83 bits per heavy atom. The highest BCUT2D eigenvalue weighted by Gasteiger charge is 2.31. The number of carbonyl (C=O) groups is 1. The zero-order chi connectivity index (χ0) is 44.8. The van der Waals surface area contributed by atoms with Crippen molar-refractivity contribution in [3.05, 3.63) is 117 Å². The molecule has 2 aliphatic heterocycles. The van der Waals surface area contributed by atoms with E-state index in [1.54, 1.807) is 23.1 Å². The highest BCUT2D eigenvalue weighted by Crippen LogP contribution is 2.43. The van der Waals surface area contributed by atoms with Gasteiger partial charge < -0.3 is 19.9 Å². The predicted octanol–water partition coefficient (Wildman–Crippen LogP) is 7.11. The van der Waals surface area contributed by atoms with E-state index >= 15 is 0 Å². The van der Waals surface area contributed by atoms with Gasteiger partial charge in [0.05, 0.1) is 39.3 Å². The van der Waals surface area contributed by atoms with E-state index in [1.165, 1.54) is 28.8 Å². The summed E-state index contributed by atoms with van der Waals surface area (Å²) >= 11 is 6.26. The molecule has 2 fully saturated rings. The maximum Gasteiger partial charge on any atom is 0.293 e. The number of hydrogen-bond donors (Lipinski definition) is 3. The van der Waals surface area contributed by atoms with E-state index in [1.807, 2.05) is 43.4 Å². The number of nitro groups is 1. The Morgan fingerprint density at radius 3 is 2.59 bits per heavy atom. The molecule has 334 valence electrons. The highest BCUT2D eigenvalue weighted by molar-refractivity contribution is 7.90. The van der Waals surface area contributed by atoms with Crippen LogP contribution >= 0.6 is 11.6 Å². The zero-order valence-corrected chi connectivity index (χ0v) is 37.6. The molecule has 3 aromatic heterocycles. The van der Waals surface area contributed by atoms with Gasteiger partial charge in [-0.05, 0) is 97.5 Å². The number of likely N-dealkylation sites (N-methyl/N-ethyl adjacent to an activating group) is 1. The third-order valence-electron chi connectivity index (χ3n) is 12.6. The first-order valence-corrected chi connectivity index (χ1v) is 23.4. The Balaban J connectivity index is 0.972. The smallest absolute Gasteiger partial charge is 0.293 e. The number of hydrogen-bond acceptors (Lipinski definition) is 12. The Hall–Kier alpha value is -5.85. The number of nitrogens with zero attached hydrogens (tertiary/aromatic N) is 7. The van der Waals surface area contributed by atoms with Gasteiger partial charge in [0, 0.05) is 86.9 Å². The minimum atomic E-state index is -4.58. The van der Waals surface area contributed by atoms with Gasteiger partial charge in [0.1, 0.15) is 11.2 Å². The van der Waals surface area contributed by atoms with Crippen LogP contribution in [0.5, 0.6) is 0 Å². The number of amides is 1. The molecule has 5 heterocycles. The summed E-state index contributed by atoms with van der Waals surface area (Å²) in [6.45, 7) is 11.0. The van der Waals surface area contributed by atoms with Gasteiger partial charge in [0.15, 0.2) is 5.65 Å². The van der Waals surface area contributed by atoms with Crippen LogP contribution in [0.25, 0.3) is 33.3 Å². The number of nitro benzene ring substituents is 1. The number of nitrogens with one attached hydrogen (secondary N) is 3. The van der Waals surface area contributed by atoms with Crippen molar-refractivity contribution < 1.29 is 22.9 Å². The number of halogens is 1. The van der Waals surface area contributed by atoms with Crippen LogP contribution in [-0.2, 0) is 14.8 Å². The van der Waals surface area contributed by atoms with E-state index in [0.29, 0.717) is 42.1 Å². The number of carbonyl (C=O) groups excluding carboxylic acids is 1. The normalized spacial score (nSPS) is 18.8. The number of morpholine rings is 1. The second kappa shape index (κ2) is 17.6. The molecule has 16 nitrogen and oxygen atoms in total. The summed E-state index contributed by atoms with van der Waals surface area (Å²) in [5, 5.41) is 20.0. The number of sulfonamides is 1. The number of fused-ring (bicyclic) bond motifs is 2. The van der Waals surface area contributed by atoms with Crippen LogP contribution in [0, 0.1) is 15.5 Å². The minimum absolute atomic E-state index is 0.0626. The second-order valence-electron chi connectivity index (χ2n) is 17.8. The molecule has 0 radical (unpaired) electrons. The lowest BCUT2D eigenvalue weighted by Crippen LogP contribution is -2.47. The molecule has 1 atom stereocenters. The van der Waals surface area contributed by atoms with E-state index in [-0.39, 0.29) is 22.8 Å². The number of anilines is 2. The molecule has 1 aliphatic carbocycles. The Bertz CT molecular complexity index is 2890. The summed E-state index contributed by atoms with van der Waals surface area (Å²) in [7, 11) is -2.61. The lowest BCUT2D eigenvalue weighted by molar-refractivity contribution is -0.384. The summed E-state index contributed by atoms with van der Waals surface area (Å²) in [5.74, 6) is -0.908. The van der Waals surface area contributed by atoms with Gasteiger partial charge in [-0.15, -0.1) is 0 Å². The van der Waals surface area contributed by atoms with Crippen LogP contribution < -0.4 is 14.9 Å². The van der Waals surface area contributed by atoms with Crippen molar-refractivity contribution in [3.63, 3.8) is 0 Å². The number of allylic oxidation sites excluding steroid dienone is 1. The van der Waals surface area contributed by atoms with Crippen molar-refractivity contribution in [1.82, 2.24) is 34.3 Å². The quantitative estimate of drug-likeness (QED) is 0.0837. The molecule has 1 amide bonds. The fraction of sp³-hybridized carbons (Fsp3) is 0.370. The van der Waals surface area contributed by atoms with Gasteiger partial charge in [-0.3, -0.25) is 29.6 Å². The fourth-order valence-electron chi connectivity index (χ4n) is 9.04. The van der Waals surface area contributed by atoms with Gasteiger partial charge in [-0.25, -0.2) is 23.1 Å². The summed E-state index contributed by atoms with van der Waals surface area (Å²) in [6.07, 6.45) is 6.38. The number of rotatable bonds is 12. The zero-order valence-electron chi connectivity index (χ0n) is 36.0. The van der Waals surface area contributed by atoms with Gasteiger partial charge in [-0.2, -0.15) is 0 Å². The molecule has 1 unspecified atom stereocenters. The number of piperazine rings is 1. The maximum absolute atomic E-state index is 14.2. The van der Waals surface area contributed by atoms with Gasteiger partial charge in [-0.1, -0.05) is 43.2 Å². The van der Waals surface area contributed by atoms with Crippen molar-refractivity contribution in [2.75, 3.05) is 76.2 Å². The van der Waals surface area contributed by atoms with Crippen LogP contribution in [-0.4, -0.2) is 121 Å². The van der Waals surface area contributed by atoms with Crippen molar-refractivity contribution >= 4 is 72.2 Å². The molecule has 9 rings (SSSR count). The standard InChI is InChI=1S/C46H51ClN10O6S/c1-46(2)14-12-32(38(25-46)30-4-6-33(47)7-5-30)28-54-16-18-55(19-17-54)34-8-10-37(41(23-34)56-42-22-31-13-15-48-44(31)51-40(42)27-50-56)45(58)52-64(61,62)36-9-11-39(43(24-36)57(59)60)49-26-35-29-53(3)20-21-63-35/h4-11,13,15,22-24,27,35,49-50H,12,14,16-21,25-26,28-29H2,1-3H3,(H,52,58). The van der Waals surface area contributed by atoms with Crippen LogP contribution in [0.2, 0.25) is 5.02 Å². The first kappa shape index (κ1) is 43.4. The van der Waals surface area contributed by atoms with Crippen molar-refractivity contribution in [2.45, 2.75) is 44.1 Å². The average molecular weight is 907 g/mol. The number of ether oxygens (including phenoxy) is 1. The largest absolute Gasteiger partial charge is 0.377 e. The number of aromatic amines is 1. The van der Waals surface area contributed by atoms with Crippen molar-refractivity contribution in [1.29, 1.82) is 0 Å². The summed E-state index contributed by atoms with van der Waals surface area (Å²) in [4.78, 5) is 41.2. The molecule has 0 saturated carbocycles. The first-order valence-electron chi connectivity index (χ1n) is 21.5. The topological polar surface area (TPSA) is 184 Å². The molecule has 0 spiro atoms. The molecular weight excluding hydrogens is 856 g/mol. The monoisotopic (exact) mass is 906 g/mol. The Kier molecular flexibility index (Phi) is 11.9. The molecule has 6 aromatic rings. The lowest BCUT2D eigenvalue weighted by Gasteiger charge is -2.39. The van der Waals surface area contributed by atoms with Crippen LogP contribution in [0.15, 0.2) is 95.7 Å². The Morgan fingerprint density at radius 1 is 1.03 bits per heavy atom. The van der Waals surface area contributed by atoms with E-state index in [9.17, 15) is 23.3 Å². The highest BCUT2D eigenvalue weighted by atomic mass is 35.5. The summed E-state index contributed by atoms with van der Waals surface area (Å²) in [5.41, 5.74) is 7.19. The number of aromatic nitrogens is 4. The third kappa shape index (κ3) is 9.21. The van der Waals surface area contributed by atoms with Gasteiger partial charge >= 0.3 is 0 Å². The molecular formula is C46H51ClN10O6S. The summed E-state index contributed by atoms with van der Waals surface area (Å²) < 4.78 is 37.4. The van der Waals surface area contributed by atoms with Crippen molar-refractivity contribution in [2.24, 2.45) is 5.41 Å². The average Bonchev–Trinajstić information content (AvgIpc) is 3.92. The van der Waals surface area contributed by atoms with Crippen LogP contribution in [0.1, 0.15) is 49.0 Å². The molecule has 3 aromatic carbocycles. The van der Waals surface area contributed by atoms with Gasteiger partial charge in [0.25, 0.3) is 21.6 Å². The second-order valence-corrected chi connectivity index (χ2v) is 19.9. The van der Waals surface area contributed by atoms with E-state index < -0.39 is 31.4 Å². The van der Waals surface area contributed by atoms with E-state index in [2.05, 4.69) is 65.8 Å². The van der Waals surface area contributed by atoms with Crippen molar-refractivity contribution in [3.8, 4) is 5.69 Å². The van der Waals surface area contributed by atoms with Gasteiger partial charge in [0.2, 0.25) is 0 Å². The number of H-pyrrole nitrogens is 1. The van der Waals surface area contributed by atoms with E-state index in [0.717, 1.165) is 80.7 Å². The maximum atomic E-state index is 14.2. The predicted molar refractivity (Wildman–Crippen MR) is 249 cm³/mol. The SMILES string of the molecule is CN1CCOC(CNc2ccc(S(=O)(=O)NC(=O)c3ccc(N4CCN(CC5=C(c6ccc(Cl)cc6)CC(C)(C)CC5)CC4)cc3-n3[nH]cc4nc5nccc5cc43)cc2[N+](=O)[O-])C1. The molecule has 3 aliphatic rings. The molecule has 3 N–H and O–H groups in total. The number of pyridine rings is 1. The Labute approximate surface area is 376 Å². The van der Waals surface area contributed by atoms with E-state index in [4.69, 9.17) is 16.3 Å². The van der Waals surface area contributed by atoms with Crippen LogP contribution in [0.3, 0.4) is 0 Å². The minimum Gasteiger partial charge on any atom is -0.377 e. The fourth-order valence-corrected chi connectivity index (χ4v) is 10.1. The third-order valence-corrected chi connectivity index (χ3v) is 14.2. The summed E-state index contributed by atoms with van der Waals surface area (Å²) in [6, 6.07) is 20.8. The lowest BCUT2D eigenvalue weighted by atomic mass is 9.72. The molecule has 0 bridgehead atoms.